The van der Waals surface area contributed by atoms with Gasteiger partial charge in [0.25, 0.3) is 0 Å². The maximum Gasteiger partial charge on any atom is 0.164 e. The van der Waals surface area contributed by atoms with Gasteiger partial charge in [-0.25, -0.2) is 0 Å². The summed E-state index contributed by atoms with van der Waals surface area (Å²) >= 11 is 0. The Labute approximate surface area is 62.7 Å². The van der Waals surface area contributed by atoms with Crippen molar-refractivity contribution in [3.8, 4) is 0 Å². The summed E-state index contributed by atoms with van der Waals surface area (Å²) in [4.78, 5) is 5.18. The fourth-order valence-corrected chi connectivity index (χ4v) is 1.32. The molecule has 0 aromatic carbocycles. The van der Waals surface area contributed by atoms with Crippen LogP contribution in [-0.4, -0.2) is 50.0 Å². The van der Waals surface area contributed by atoms with Crippen molar-refractivity contribution in [3.05, 3.63) is 0 Å². The van der Waals surface area contributed by atoms with Crippen LogP contribution in [0.4, 0.5) is 0 Å². The summed E-state index contributed by atoms with van der Waals surface area (Å²) in [5.41, 5.74) is 0. The van der Waals surface area contributed by atoms with E-state index in [9.17, 15) is 0 Å². The fourth-order valence-electron chi connectivity index (χ4n) is 1.32. The lowest BCUT2D eigenvalue weighted by molar-refractivity contribution is -0.909. The Morgan fingerprint density at radius 2 is 2.10 bits per heavy atom. The summed E-state index contributed by atoms with van der Waals surface area (Å²) in [6.45, 7) is 4.41. The van der Waals surface area contributed by atoms with E-state index in [4.69, 9.17) is 4.84 Å². The molecule has 1 aliphatic rings. The molecule has 0 radical (unpaired) electrons. The summed E-state index contributed by atoms with van der Waals surface area (Å²) in [6.07, 6.45) is 0.491. The molecule has 1 saturated heterocycles. The van der Waals surface area contributed by atoms with Crippen molar-refractivity contribution in [2.75, 3.05) is 34.3 Å². The van der Waals surface area contributed by atoms with Crippen LogP contribution in [-0.2, 0) is 4.84 Å². The summed E-state index contributed by atoms with van der Waals surface area (Å²) in [5, 5.41) is 2.03. The number of rotatable bonds is 1. The highest BCUT2D eigenvalue weighted by Crippen LogP contribution is 2.18. The highest BCUT2D eigenvalue weighted by Gasteiger charge is 2.37. The van der Waals surface area contributed by atoms with Gasteiger partial charge in [0, 0.05) is 6.92 Å². The predicted molar refractivity (Wildman–Crippen MR) is 40.2 cm³/mol. The van der Waals surface area contributed by atoms with Crippen molar-refractivity contribution in [3.63, 3.8) is 0 Å². The van der Waals surface area contributed by atoms with E-state index in [-0.39, 0.29) is 0 Å². The van der Waals surface area contributed by atoms with Gasteiger partial charge in [-0.3, -0.25) is 4.84 Å². The number of hydrogen-bond donors (Lipinski definition) is 0. The third-order valence-electron chi connectivity index (χ3n) is 2.56. The fraction of sp³-hybridized carbons (Fsp3) is 1.00. The molecule has 1 aliphatic heterocycles. The number of hydrogen-bond acceptors (Lipinski definition) is 2. The van der Waals surface area contributed by atoms with E-state index in [1.165, 1.54) is 6.54 Å². The molecule has 0 aromatic rings. The van der Waals surface area contributed by atoms with Crippen molar-refractivity contribution in [1.29, 1.82) is 0 Å². The Balaban J connectivity index is 2.58. The van der Waals surface area contributed by atoms with Crippen LogP contribution >= 0.6 is 0 Å². The van der Waals surface area contributed by atoms with Crippen LogP contribution in [0.3, 0.4) is 0 Å². The summed E-state index contributed by atoms with van der Waals surface area (Å²) in [6, 6.07) is 0. The van der Waals surface area contributed by atoms with Gasteiger partial charge in [-0.15, -0.1) is 5.06 Å². The minimum absolute atomic E-state index is 0.491. The van der Waals surface area contributed by atoms with Crippen molar-refractivity contribution in [2.45, 2.75) is 13.1 Å². The van der Waals surface area contributed by atoms with Crippen LogP contribution in [0.2, 0.25) is 0 Å². The van der Waals surface area contributed by atoms with E-state index in [0.29, 0.717) is 6.17 Å². The molecule has 0 bridgehead atoms. The minimum Gasteiger partial charge on any atom is -0.311 e. The van der Waals surface area contributed by atoms with Crippen LogP contribution < -0.4 is 0 Å². The van der Waals surface area contributed by atoms with E-state index in [2.05, 4.69) is 21.0 Å². The first-order chi connectivity index (χ1) is 4.58. The van der Waals surface area contributed by atoms with Crippen molar-refractivity contribution < 1.29 is 9.32 Å². The number of nitrogens with zero attached hydrogens (tertiary/aromatic N) is 2. The molecular weight excluding hydrogens is 128 g/mol. The Kier molecular flexibility index (Phi) is 1.99. The molecule has 1 heterocycles. The van der Waals surface area contributed by atoms with Crippen LogP contribution in [0.15, 0.2) is 0 Å². The third kappa shape index (κ3) is 1.17. The molecule has 0 N–H and O–H groups in total. The van der Waals surface area contributed by atoms with E-state index in [1.54, 1.807) is 7.11 Å². The molecule has 1 rings (SSSR count). The molecule has 0 amide bonds. The number of hydroxylamine groups is 2. The van der Waals surface area contributed by atoms with E-state index >= 15 is 0 Å². The average molecular weight is 145 g/mol. The quantitative estimate of drug-likeness (QED) is 0.492. The normalized spacial score (nSPS) is 33.0. The van der Waals surface area contributed by atoms with E-state index in [1.807, 2.05) is 5.06 Å². The highest BCUT2D eigenvalue weighted by atomic mass is 16.7. The second kappa shape index (κ2) is 2.49. The smallest absolute Gasteiger partial charge is 0.164 e. The maximum absolute atomic E-state index is 5.18. The molecule has 3 heteroatoms. The molecule has 1 fully saturated rings. The van der Waals surface area contributed by atoms with Crippen molar-refractivity contribution in [1.82, 2.24) is 5.06 Å². The Morgan fingerprint density at radius 3 is 2.30 bits per heavy atom. The first-order valence-electron chi connectivity index (χ1n) is 3.71. The highest BCUT2D eigenvalue weighted by molar-refractivity contribution is 4.57. The van der Waals surface area contributed by atoms with Gasteiger partial charge in [0.2, 0.25) is 0 Å². The SMILES string of the molecule is CON1CC[N+](C)(C)C1C. The zero-order valence-corrected chi connectivity index (χ0v) is 7.29. The Bertz CT molecular complexity index is 125. The zero-order valence-electron chi connectivity index (χ0n) is 7.29. The summed E-state index contributed by atoms with van der Waals surface area (Å²) in [7, 11) is 6.19. The molecule has 0 aromatic heterocycles. The van der Waals surface area contributed by atoms with Gasteiger partial charge in [-0.2, -0.15) is 0 Å². The Hall–Kier alpha value is -0.120. The lowest BCUT2D eigenvalue weighted by Gasteiger charge is -2.30. The summed E-state index contributed by atoms with van der Waals surface area (Å²) in [5.74, 6) is 0. The second-order valence-electron chi connectivity index (χ2n) is 3.46. The minimum atomic E-state index is 0.491. The van der Waals surface area contributed by atoms with Crippen LogP contribution in [0, 0.1) is 0 Å². The Morgan fingerprint density at radius 1 is 1.50 bits per heavy atom. The van der Waals surface area contributed by atoms with Crippen molar-refractivity contribution >= 4 is 0 Å². The molecule has 10 heavy (non-hydrogen) atoms. The molecule has 1 atom stereocenters. The molecule has 3 nitrogen and oxygen atoms in total. The van der Waals surface area contributed by atoms with E-state index in [0.717, 1.165) is 11.0 Å². The number of quaternary nitrogens is 1. The maximum atomic E-state index is 5.18. The second-order valence-corrected chi connectivity index (χ2v) is 3.46. The van der Waals surface area contributed by atoms with Crippen LogP contribution in [0.5, 0.6) is 0 Å². The van der Waals surface area contributed by atoms with E-state index < -0.39 is 0 Å². The summed E-state index contributed by atoms with van der Waals surface area (Å²) < 4.78 is 1.04. The monoisotopic (exact) mass is 145 g/mol. The first-order valence-corrected chi connectivity index (χ1v) is 3.71. The lowest BCUT2D eigenvalue weighted by Crippen LogP contribution is -2.46. The van der Waals surface area contributed by atoms with Crippen molar-refractivity contribution in [2.24, 2.45) is 0 Å². The predicted octanol–water partition coefficient (Wildman–Crippen LogP) is 0.286. The van der Waals surface area contributed by atoms with Gasteiger partial charge in [-0.05, 0) is 0 Å². The standard InChI is InChI=1S/C7H17N2O/c1-7-8(10-4)5-6-9(7,2)3/h7H,5-6H2,1-4H3/q+1. The first kappa shape index (κ1) is 7.98. The average Bonchev–Trinajstić information content (AvgIpc) is 2.10. The van der Waals surface area contributed by atoms with Gasteiger partial charge in [0.15, 0.2) is 6.17 Å². The molecule has 0 spiro atoms. The van der Waals surface area contributed by atoms with Gasteiger partial charge in [0.1, 0.15) is 0 Å². The molecule has 0 saturated carbocycles. The third-order valence-corrected chi connectivity index (χ3v) is 2.56. The molecule has 60 valence electrons. The zero-order chi connectivity index (χ0) is 7.78. The van der Waals surface area contributed by atoms with Crippen LogP contribution in [0.25, 0.3) is 0 Å². The lowest BCUT2D eigenvalue weighted by atomic mass is 10.4. The van der Waals surface area contributed by atoms with Gasteiger partial charge in [0.05, 0.1) is 34.3 Å². The topological polar surface area (TPSA) is 12.5 Å². The molecule has 0 aliphatic carbocycles. The number of likely N-dealkylation sites (N-methyl/N-ethyl adjacent to an activating group) is 1. The van der Waals surface area contributed by atoms with Gasteiger partial charge in [-0.1, -0.05) is 0 Å². The van der Waals surface area contributed by atoms with Crippen LogP contribution in [0.1, 0.15) is 6.92 Å². The van der Waals surface area contributed by atoms with Gasteiger partial charge < -0.3 is 4.48 Å². The largest absolute Gasteiger partial charge is 0.311 e. The molecular formula is C7H17N2O+. The molecule has 1 unspecified atom stereocenters. The van der Waals surface area contributed by atoms with Gasteiger partial charge >= 0.3 is 0 Å².